The molecular formula is C20H16Cl2N2O5. The molecule has 0 bridgehead atoms. The van der Waals surface area contributed by atoms with Gasteiger partial charge in [-0.3, -0.25) is 29.6 Å². The lowest BCUT2D eigenvalue weighted by molar-refractivity contribution is -0.147. The van der Waals surface area contributed by atoms with Crippen molar-refractivity contribution in [3.05, 3.63) is 69.7 Å². The fourth-order valence-electron chi connectivity index (χ4n) is 2.76. The van der Waals surface area contributed by atoms with Gasteiger partial charge in [0.15, 0.2) is 12.4 Å². The summed E-state index contributed by atoms with van der Waals surface area (Å²) in [6.07, 6.45) is -0.125. The van der Waals surface area contributed by atoms with Gasteiger partial charge in [-0.25, -0.2) is 0 Å². The van der Waals surface area contributed by atoms with Crippen molar-refractivity contribution in [3.8, 4) is 0 Å². The van der Waals surface area contributed by atoms with Gasteiger partial charge >= 0.3 is 5.97 Å². The van der Waals surface area contributed by atoms with E-state index >= 15 is 0 Å². The fourth-order valence-corrected chi connectivity index (χ4v) is 3.06. The molecule has 0 spiro atoms. The molecule has 1 heterocycles. The highest BCUT2D eigenvalue weighted by molar-refractivity contribution is 6.42. The SMILES string of the molecule is O=C(COC(=O)[C@H]1CC(=O)N(NC(=O)c2ccc(Cl)c(Cl)c2)C1)c1ccccc1. The van der Waals surface area contributed by atoms with E-state index in [0.717, 1.165) is 5.01 Å². The minimum atomic E-state index is -0.778. The maximum absolute atomic E-state index is 12.3. The first-order chi connectivity index (χ1) is 13.8. The van der Waals surface area contributed by atoms with E-state index in [4.69, 9.17) is 27.9 Å². The lowest BCUT2D eigenvalue weighted by Gasteiger charge is -2.17. The number of ether oxygens (including phenoxy) is 1. The second-order valence-corrected chi connectivity index (χ2v) is 7.19. The number of benzene rings is 2. The molecule has 2 aromatic carbocycles. The van der Waals surface area contributed by atoms with Crippen LogP contribution >= 0.6 is 23.2 Å². The summed E-state index contributed by atoms with van der Waals surface area (Å²) in [5, 5.41) is 1.56. The Morgan fingerprint density at radius 3 is 2.45 bits per heavy atom. The van der Waals surface area contributed by atoms with Crippen LogP contribution in [-0.2, 0) is 14.3 Å². The fraction of sp³-hybridized carbons (Fsp3) is 0.200. The molecule has 29 heavy (non-hydrogen) atoms. The van der Waals surface area contributed by atoms with Crippen molar-refractivity contribution in [1.29, 1.82) is 0 Å². The van der Waals surface area contributed by atoms with Crippen LogP contribution in [0.2, 0.25) is 10.0 Å². The molecular weight excluding hydrogens is 419 g/mol. The summed E-state index contributed by atoms with van der Waals surface area (Å²) in [5.41, 5.74) is 3.08. The molecule has 9 heteroatoms. The normalized spacial score (nSPS) is 15.9. The number of amides is 2. The summed E-state index contributed by atoms with van der Waals surface area (Å²) in [7, 11) is 0. The highest BCUT2D eigenvalue weighted by Gasteiger charge is 2.36. The minimum absolute atomic E-state index is 0.0513. The molecule has 150 valence electrons. The van der Waals surface area contributed by atoms with E-state index in [1.165, 1.54) is 18.2 Å². The highest BCUT2D eigenvalue weighted by Crippen LogP contribution is 2.23. The van der Waals surface area contributed by atoms with E-state index in [0.29, 0.717) is 10.6 Å². The van der Waals surface area contributed by atoms with Crippen LogP contribution in [0.25, 0.3) is 0 Å². The average molecular weight is 435 g/mol. The van der Waals surface area contributed by atoms with Crippen LogP contribution in [0.1, 0.15) is 27.1 Å². The standard InChI is InChI=1S/C20H16Cl2N2O5/c21-15-7-6-13(8-16(15)22)19(27)23-24-10-14(9-18(24)26)20(28)29-11-17(25)12-4-2-1-3-5-12/h1-8,14H,9-11H2,(H,23,27)/t14-/m0/s1. The van der Waals surface area contributed by atoms with E-state index in [-0.39, 0.29) is 29.3 Å². The van der Waals surface area contributed by atoms with Crippen molar-refractivity contribution >= 4 is 46.8 Å². The summed E-state index contributed by atoms with van der Waals surface area (Å²) in [6.45, 7) is -0.465. The number of esters is 1. The zero-order chi connectivity index (χ0) is 21.0. The number of carbonyl (C=O) groups is 4. The maximum Gasteiger partial charge on any atom is 0.311 e. The molecule has 1 aliphatic rings. The molecule has 0 radical (unpaired) electrons. The zero-order valence-electron chi connectivity index (χ0n) is 15.1. The molecule has 1 fully saturated rings. The Hall–Kier alpha value is -2.90. The smallest absolute Gasteiger partial charge is 0.311 e. The molecule has 0 aliphatic carbocycles. The Balaban J connectivity index is 1.53. The predicted molar refractivity (Wildman–Crippen MR) is 105 cm³/mol. The molecule has 1 aliphatic heterocycles. The predicted octanol–water partition coefficient (Wildman–Crippen LogP) is 2.91. The van der Waals surface area contributed by atoms with Gasteiger partial charge in [-0.15, -0.1) is 0 Å². The van der Waals surface area contributed by atoms with Gasteiger partial charge in [0, 0.05) is 17.5 Å². The summed E-state index contributed by atoms with van der Waals surface area (Å²) in [6, 6.07) is 12.7. The number of hydrogen-bond donors (Lipinski definition) is 1. The summed E-state index contributed by atoms with van der Waals surface area (Å²) in [4.78, 5) is 48.6. The lowest BCUT2D eigenvalue weighted by Crippen LogP contribution is -2.43. The Kier molecular flexibility index (Phi) is 6.51. The Bertz CT molecular complexity index is 965. The Morgan fingerprint density at radius 1 is 1.03 bits per heavy atom. The third-order valence-electron chi connectivity index (χ3n) is 4.32. The first-order valence-electron chi connectivity index (χ1n) is 8.66. The van der Waals surface area contributed by atoms with E-state index in [1.807, 2.05) is 0 Å². The lowest BCUT2D eigenvalue weighted by atomic mass is 10.1. The van der Waals surface area contributed by atoms with Gasteiger partial charge in [0.2, 0.25) is 5.91 Å². The third-order valence-corrected chi connectivity index (χ3v) is 5.06. The van der Waals surface area contributed by atoms with Crippen LogP contribution in [0.4, 0.5) is 0 Å². The summed E-state index contributed by atoms with van der Waals surface area (Å²) in [5.74, 6) is -2.79. The molecule has 0 aromatic heterocycles. The number of rotatable bonds is 6. The molecule has 3 rings (SSSR count). The molecule has 2 amide bonds. The highest BCUT2D eigenvalue weighted by atomic mass is 35.5. The number of ketones is 1. The van der Waals surface area contributed by atoms with Crippen LogP contribution < -0.4 is 5.43 Å². The second-order valence-electron chi connectivity index (χ2n) is 6.37. The largest absolute Gasteiger partial charge is 0.457 e. The molecule has 1 atom stereocenters. The van der Waals surface area contributed by atoms with Gasteiger partial charge < -0.3 is 4.74 Å². The van der Waals surface area contributed by atoms with Crippen LogP contribution in [-0.4, -0.2) is 41.7 Å². The monoisotopic (exact) mass is 434 g/mol. The average Bonchev–Trinajstić information content (AvgIpc) is 3.09. The summed E-state index contributed by atoms with van der Waals surface area (Å²) >= 11 is 11.7. The van der Waals surface area contributed by atoms with Crippen LogP contribution in [0.15, 0.2) is 48.5 Å². The van der Waals surface area contributed by atoms with Crippen LogP contribution in [0, 0.1) is 5.92 Å². The molecule has 1 saturated heterocycles. The van der Waals surface area contributed by atoms with E-state index in [9.17, 15) is 19.2 Å². The molecule has 0 unspecified atom stereocenters. The van der Waals surface area contributed by atoms with Gasteiger partial charge in [0.05, 0.1) is 22.5 Å². The van der Waals surface area contributed by atoms with Crippen LogP contribution in [0.3, 0.4) is 0 Å². The number of carbonyl (C=O) groups excluding carboxylic acids is 4. The third kappa shape index (κ3) is 5.13. The van der Waals surface area contributed by atoms with Crippen molar-refractivity contribution in [2.24, 2.45) is 5.92 Å². The Labute approximate surface area is 176 Å². The first-order valence-corrected chi connectivity index (χ1v) is 9.42. The quantitative estimate of drug-likeness (QED) is 0.557. The molecule has 0 saturated carbocycles. The number of hydrogen-bond acceptors (Lipinski definition) is 5. The van der Waals surface area contributed by atoms with E-state index in [2.05, 4.69) is 5.43 Å². The second kappa shape index (κ2) is 9.07. The number of nitrogens with zero attached hydrogens (tertiary/aromatic N) is 1. The van der Waals surface area contributed by atoms with Crippen molar-refractivity contribution in [2.75, 3.05) is 13.2 Å². The number of hydrazine groups is 1. The van der Waals surface area contributed by atoms with Crippen LogP contribution in [0.5, 0.6) is 0 Å². The van der Waals surface area contributed by atoms with Crippen molar-refractivity contribution in [2.45, 2.75) is 6.42 Å². The van der Waals surface area contributed by atoms with Gasteiger partial charge in [0.1, 0.15) is 0 Å². The Morgan fingerprint density at radius 2 is 1.76 bits per heavy atom. The first kappa shape index (κ1) is 20.8. The van der Waals surface area contributed by atoms with Crippen molar-refractivity contribution < 1.29 is 23.9 Å². The molecule has 7 nitrogen and oxygen atoms in total. The van der Waals surface area contributed by atoms with Gasteiger partial charge in [-0.2, -0.15) is 0 Å². The maximum atomic E-state index is 12.3. The number of Topliss-reactive ketones (excluding diaryl/α,β-unsaturated/α-hetero) is 1. The van der Waals surface area contributed by atoms with Gasteiger partial charge in [0.25, 0.3) is 5.91 Å². The van der Waals surface area contributed by atoms with Crippen molar-refractivity contribution in [1.82, 2.24) is 10.4 Å². The zero-order valence-corrected chi connectivity index (χ0v) is 16.6. The molecule has 2 aromatic rings. The topological polar surface area (TPSA) is 92.8 Å². The number of halogens is 2. The summed E-state index contributed by atoms with van der Waals surface area (Å²) < 4.78 is 5.05. The van der Waals surface area contributed by atoms with E-state index in [1.54, 1.807) is 30.3 Å². The van der Waals surface area contributed by atoms with Crippen molar-refractivity contribution in [3.63, 3.8) is 0 Å². The molecule has 1 N–H and O–H groups in total. The minimum Gasteiger partial charge on any atom is -0.457 e. The van der Waals surface area contributed by atoms with E-state index < -0.39 is 30.3 Å². The van der Waals surface area contributed by atoms with Gasteiger partial charge in [-0.1, -0.05) is 53.5 Å². The van der Waals surface area contributed by atoms with Gasteiger partial charge in [-0.05, 0) is 18.2 Å². The number of nitrogens with one attached hydrogen (secondary N) is 1.